The standard InChI is InChI=1S/C27H21FO3S/c1-14-11-18(28)7-9-20(14)26(31)27-25(21-10-8-19(30)12-24(21)32-27)17-5-3-16(4-6-17)23-13-22(23)15(2)29/h3-12,22-23,30H,13H2,1-2H3. The fourth-order valence-electron chi connectivity index (χ4n) is 4.45. The number of hydrogen-bond donors (Lipinski definition) is 1. The lowest BCUT2D eigenvalue weighted by Crippen LogP contribution is -2.03. The van der Waals surface area contributed by atoms with Gasteiger partial charge in [-0.1, -0.05) is 24.3 Å². The van der Waals surface area contributed by atoms with E-state index in [-0.39, 0.29) is 35.0 Å². The fourth-order valence-corrected chi connectivity index (χ4v) is 5.66. The topological polar surface area (TPSA) is 54.4 Å². The lowest BCUT2D eigenvalue weighted by Gasteiger charge is -2.08. The van der Waals surface area contributed by atoms with Crippen molar-refractivity contribution in [1.82, 2.24) is 0 Å². The van der Waals surface area contributed by atoms with Crippen molar-refractivity contribution in [3.05, 3.63) is 88.0 Å². The highest BCUT2D eigenvalue weighted by molar-refractivity contribution is 7.21. The Kier molecular flexibility index (Phi) is 4.94. The summed E-state index contributed by atoms with van der Waals surface area (Å²) in [5.41, 5.74) is 3.88. The first-order valence-electron chi connectivity index (χ1n) is 10.5. The Morgan fingerprint density at radius 1 is 1.03 bits per heavy atom. The maximum atomic E-state index is 13.6. The molecule has 2 unspecified atom stereocenters. The van der Waals surface area contributed by atoms with Gasteiger partial charge >= 0.3 is 0 Å². The molecule has 5 heteroatoms. The van der Waals surface area contributed by atoms with E-state index in [1.54, 1.807) is 26.0 Å². The zero-order chi connectivity index (χ0) is 22.6. The molecule has 5 rings (SSSR count). The van der Waals surface area contributed by atoms with Crippen LogP contribution in [0.15, 0.2) is 60.7 Å². The normalized spacial score (nSPS) is 17.5. The summed E-state index contributed by atoms with van der Waals surface area (Å²) in [6.07, 6.45) is 0.892. The number of fused-ring (bicyclic) bond motifs is 1. The molecule has 1 fully saturated rings. The molecule has 1 N–H and O–H groups in total. The second-order valence-corrected chi connectivity index (χ2v) is 9.51. The Labute approximate surface area is 189 Å². The number of ketones is 2. The van der Waals surface area contributed by atoms with Gasteiger partial charge in [-0.15, -0.1) is 11.3 Å². The van der Waals surface area contributed by atoms with Gasteiger partial charge in [-0.2, -0.15) is 0 Å². The van der Waals surface area contributed by atoms with Crippen molar-refractivity contribution in [3.8, 4) is 16.9 Å². The van der Waals surface area contributed by atoms with Gasteiger partial charge in [0.1, 0.15) is 17.3 Å². The summed E-state index contributed by atoms with van der Waals surface area (Å²) in [6, 6.07) is 17.3. The smallest absolute Gasteiger partial charge is 0.203 e. The zero-order valence-electron chi connectivity index (χ0n) is 17.7. The van der Waals surface area contributed by atoms with Crippen LogP contribution < -0.4 is 0 Å². The number of phenolic OH excluding ortho intramolecular Hbond substituents is 1. The zero-order valence-corrected chi connectivity index (χ0v) is 18.5. The molecule has 0 spiro atoms. The number of carbonyl (C=O) groups excluding carboxylic acids is 2. The number of rotatable bonds is 5. The van der Waals surface area contributed by atoms with Crippen LogP contribution in [0.2, 0.25) is 0 Å². The van der Waals surface area contributed by atoms with Crippen LogP contribution in [0.5, 0.6) is 5.75 Å². The van der Waals surface area contributed by atoms with Crippen LogP contribution in [0.1, 0.15) is 45.6 Å². The first-order valence-corrected chi connectivity index (χ1v) is 11.3. The average molecular weight is 445 g/mol. The summed E-state index contributed by atoms with van der Waals surface area (Å²) >= 11 is 1.33. The molecule has 160 valence electrons. The Balaban J connectivity index is 1.62. The molecular weight excluding hydrogens is 423 g/mol. The van der Waals surface area contributed by atoms with Gasteiger partial charge in [-0.05, 0) is 79.3 Å². The summed E-state index contributed by atoms with van der Waals surface area (Å²) in [5.74, 6) is 0.220. The number of aryl methyl sites for hydroxylation is 1. The molecule has 0 radical (unpaired) electrons. The van der Waals surface area contributed by atoms with Crippen LogP contribution in [0.25, 0.3) is 21.2 Å². The lowest BCUT2D eigenvalue weighted by atomic mass is 9.95. The highest BCUT2D eigenvalue weighted by Gasteiger charge is 2.41. The first-order chi connectivity index (χ1) is 15.3. The van der Waals surface area contributed by atoms with Crippen molar-refractivity contribution < 1.29 is 19.1 Å². The lowest BCUT2D eigenvalue weighted by molar-refractivity contribution is -0.118. The van der Waals surface area contributed by atoms with Crippen molar-refractivity contribution in [2.75, 3.05) is 0 Å². The number of Topliss-reactive ketones (excluding diaryl/α,β-unsaturated/α-hetero) is 1. The van der Waals surface area contributed by atoms with E-state index in [1.807, 2.05) is 30.3 Å². The Hall–Kier alpha value is -3.31. The Bertz CT molecular complexity index is 1380. The van der Waals surface area contributed by atoms with E-state index in [4.69, 9.17) is 0 Å². The first kappa shape index (κ1) is 20.6. The van der Waals surface area contributed by atoms with Crippen molar-refractivity contribution >= 4 is 33.0 Å². The van der Waals surface area contributed by atoms with Crippen LogP contribution in [0, 0.1) is 18.7 Å². The third-order valence-corrected chi connectivity index (χ3v) is 7.40. The van der Waals surface area contributed by atoms with E-state index in [9.17, 15) is 19.1 Å². The van der Waals surface area contributed by atoms with Gasteiger partial charge in [0, 0.05) is 27.1 Å². The van der Waals surface area contributed by atoms with E-state index in [1.165, 1.54) is 29.5 Å². The molecule has 32 heavy (non-hydrogen) atoms. The molecule has 1 aromatic heterocycles. The summed E-state index contributed by atoms with van der Waals surface area (Å²) in [6.45, 7) is 3.37. The van der Waals surface area contributed by atoms with E-state index in [2.05, 4.69) is 0 Å². The minimum atomic E-state index is -0.375. The third-order valence-electron chi connectivity index (χ3n) is 6.25. The molecule has 1 aliphatic rings. The summed E-state index contributed by atoms with van der Waals surface area (Å²) in [7, 11) is 0. The van der Waals surface area contributed by atoms with Gasteiger partial charge in [0.25, 0.3) is 0 Å². The van der Waals surface area contributed by atoms with E-state index < -0.39 is 0 Å². The predicted molar refractivity (Wildman–Crippen MR) is 125 cm³/mol. The number of phenols is 1. The number of thiophene rings is 1. The average Bonchev–Trinajstić information content (AvgIpc) is 3.48. The molecule has 3 aromatic carbocycles. The molecular formula is C27H21FO3S. The molecule has 3 nitrogen and oxygen atoms in total. The second-order valence-electron chi connectivity index (χ2n) is 8.46. The van der Waals surface area contributed by atoms with Gasteiger partial charge in [0.2, 0.25) is 5.78 Å². The molecule has 0 bridgehead atoms. The van der Waals surface area contributed by atoms with Crippen molar-refractivity contribution in [1.29, 1.82) is 0 Å². The number of carbonyl (C=O) groups is 2. The fraction of sp³-hybridized carbons (Fsp3) is 0.185. The minimum absolute atomic E-state index is 0.115. The van der Waals surface area contributed by atoms with E-state index in [0.717, 1.165) is 33.2 Å². The quantitative estimate of drug-likeness (QED) is 0.351. The number of hydrogen-bond acceptors (Lipinski definition) is 4. The maximum absolute atomic E-state index is 13.6. The largest absolute Gasteiger partial charge is 0.508 e. The molecule has 4 aromatic rings. The van der Waals surface area contributed by atoms with Crippen LogP contribution in [-0.4, -0.2) is 16.7 Å². The highest BCUT2D eigenvalue weighted by Crippen LogP contribution is 2.49. The van der Waals surface area contributed by atoms with Gasteiger partial charge in [-0.3, -0.25) is 9.59 Å². The van der Waals surface area contributed by atoms with Gasteiger partial charge in [0.05, 0.1) is 4.88 Å². The maximum Gasteiger partial charge on any atom is 0.203 e. The molecule has 0 saturated heterocycles. The van der Waals surface area contributed by atoms with Crippen molar-refractivity contribution in [2.45, 2.75) is 26.2 Å². The molecule has 0 amide bonds. The summed E-state index contributed by atoms with van der Waals surface area (Å²) in [5, 5.41) is 10.8. The van der Waals surface area contributed by atoms with Crippen LogP contribution in [-0.2, 0) is 4.79 Å². The van der Waals surface area contributed by atoms with Gasteiger partial charge < -0.3 is 5.11 Å². The Morgan fingerprint density at radius 2 is 1.78 bits per heavy atom. The summed E-state index contributed by atoms with van der Waals surface area (Å²) < 4.78 is 14.4. The van der Waals surface area contributed by atoms with Crippen molar-refractivity contribution in [2.24, 2.45) is 5.92 Å². The monoisotopic (exact) mass is 444 g/mol. The van der Waals surface area contributed by atoms with Crippen LogP contribution in [0.3, 0.4) is 0 Å². The molecule has 2 atom stereocenters. The molecule has 0 aliphatic heterocycles. The minimum Gasteiger partial charge on any atom is -0.508 e. The van der Waals surface area contributed by atoms with Crippen LogP contribution >= 0.6 is 11.3 Å². The molecule has 1 heterocycles. The van der Waals surface area contributed by atoms with E-state index in [0.29, 0.717) is 16.0 Å². The Morgan fingerprint density at radius 3 is 2.44 bits per heavy atom. The molecule has 1 saturated carbocycles. The van der Waals surface area contributed by atoms with Crippen molar-refractivity contribution in [3.63, 3.8) is 0 Å². The summed E-state index contributed by atoms with van der Waals surface area (Å²) in [4.78, 5) is 25.7. The second kappa shape index (κ2) is 7.68. The number of benzene rings is 3. The van der Waals surface area contributed by atoms with E-state index >= 15 is 0 Å². The molecule has 1 aliphatic carbocycles. The van der Waals surface area contributed by atoms with Gasteiger partial charge in [-0.25, -0.2) is 4.39 Å². The predicted octanol–water partition coefficient (Wildman–Crippen LogP) is 6.64. The van der Waals surface area contributed by atoms with Gasteiger partial charge in [0.15, 0.2) is 0 Å². The SMILES string of the molecule is CC(=O)C1CC1c1ccc(-c2c(C(=O)c3ccc(F)cc3C)sc3cc(O)ccc23)cc1. The third kappa shape index (κ3) is 3.53. The number of halogens is 1. The highest BCUT2D eigenvalue weighted by atomic mass is 32.1. The number of aromatic hydroxyl groups is 1. The van der Waals surface area contributed by atoms with Crippen LogP contribution in [0.4, 0.5) is 4.39 Å².